The summed E-state index contributed by atoms with van der Waals surface area (Å²) in [6.45, 7) is 11.3. The van der Waals surface area contributed by atoms with E-state index in [0.717, 1.165) is 61.8 Å². The van der Waals surface area contributed by atoms with Crippen LogP contribution in [0.1, 0.15) is 51.3 Å². The number of hydrogen-bond donors (Lipinski definition) is 0. The van der Waals surface area contributed by atoms with Crippen molar-refractivity contribution in [2.45, 2.75) is 45.4 Å². The highest BCUT2D eigenvalue weighted by atomic mass is 16.5. The minimum atomic E-state index is -0.264. The van der Waals surface area contributed by atoms with Gasteiger partial charge in [0.1, 0.15) is 23.1 Å². The van der Waals surface area contributed by atoms with Crippen LogP contribution in [0.25, 0.3) is 55.7 Å². The summed E-state index contributed by atoms with van der Waals surface area (Å²) in [5.41, 5.74) is 9.66. The molecule has 9 rings (SSSR count). The molecular weight excluding hydrogens is 661 g/mol. The maximum absolute atomic E-state index is 6.70. The predicted molar refractivity (Wildman–Crippen MR) is 222 cm³/mol. The highest BCUT2D eigenvalue weighted by molar-refractivity contribution is 6.09. The molecule has 0 fully saturated rings. The second-order valence-electron chi connectivity index (χ2n) is 15.6. The van der Waals surface area contributed by atoms with Crippen LogP contribution in [0.3, 0.4) is 0 Å². The molecule has 264 valence electrons. The molecule has 0 saturated carbocycles. The first kappa shape index (κ1) is 33.4. The zero-order valence-corrected chi connectivity index (χ0v) is 31.3. The Labute approximate surface area is 316 Å². The molecule has 6 aromatic carbocycles. The molecule has 0 N–H and O–H groups in total. The molecule has 0 aliphatic rings. The molecule has 54 heavy (non-hydrogen) atoms. The van der Waals surface area contributed by atoms with Crippen LogP contribution in [0.5, 0.6) is 11.5 Å². The van der Waals surface area contributed by atoms with Gasteiger partial charge in [0.2, 0.25) is 0 Å². The first-order valence-corrected chi connectivity index (χ1v) is 18.6. The van der Waals surface area contributed by atoms with E-state index < -0.39 is 0 Å². The second-order valence-corrected chi connectivity index (χ2v) is 15.6. The Morgan fingerprint density at radius 1 is 0.537 bits per heavy atom. The second kappa shape index (κ2) is 12.9. The number of pyridine rings is 1. The van der Waals surface area contributed by atoms with Crippen molar-refractivity contribution in [3.63, 3.8) is 0 Å². The maximum Gasteiger partial charge on any atom is 0.145 e. The van der Waals surface area contributed by atoms with E-state index in [-0.39, 0.29) is 10.8 Å². The molecule has 0 amide bonds. The van der Waals surface area contributed by atoms with Crippen molar-refractivity contribution in [3.8, 4) is 34.4 Å². The number of imidazole rings is 1. The van der Waals surface area contributed by atoms with E-state index >= 15 is 0 Å². The summed E-state index contributed by atoms with van der Waals surface area (Å²) in [4.78, 5) is 10.2. The van der Waals surface area contributed by atoms with Gasteiger partial charge in [0.05, 0.1) is 22.1 Å². The van der Waals surface area contributed by atoms with E-state index in [4.69, 9.17) is 14.7 Å². The number of fused-ring (bicyclic) bond motifs is 4. The fourth-order valence-corrected chi connectivity index (χ4v) is 7.77. The molecular formula is C49H42N4O. The smallest absolute Gasteiger partial charge is 0.145 e. The summed E-state index contributed by atoms with van der Waals surface area (Å²) >= 11 is 0. The quantitative estimate of drug-likeness (QED) is 0.166. The SMILES string of the molecule is CC(C)(C)c1ccnc(-n2c3ccccc3c3ccc(Oc4cccc(-c5nc6cccc(C(C)(C)c7ccccc7)c6n5-c5ccccc5)c4)cc32)c1. The third-order valence-electron chi connectivity index (χ3n) is 10.7. The van der Waals surface area contributed by atoms with Gasteiger partial charge in [-0.05, 0) is 82.8 Å². The molecule has 5 heteroatoms. The Morgan fingerprint density at radius 3 is 2.04 bits per heavy atom. The number of ether oxygens (including phenoxy) is 1. The van der Waals surface area contributed by atoms with Gasteiger partial charge in [-0.3, -0.25) is 9.13 Å². The molecule has 3 aromatic heterocycles. The fraction of sp³-hybridized carbons (Fsp3) is 0.143. The van der Waals surface area contributed by atoms with Crippen molar-refractivity contribution in [2.24, 2.45) is 0 Å². The monoisotopic (exact) mass is 702 g/mol. The van der Waals surface area contributed by atoms with Gasteiger partial charge in [0.25, 0.3) is 0 Å². The van der Waals surface area contributed by atoms with Crippen molar-refractivity contribution >= 4 is 32.8 Å². The minimum Gasteiger partial charge on any atom is -0.457 e. The molecule has 0 aliphatic heterocycles. The van der Waals surface area contributed by atoms with Gasteiger partial charge in [-0.15, -0.1) is 0 Å². The standard InChI is InChI=1S/C49H42N4O/c1-48(2,3)35-28-29-50-45(31-35)53-43-25-13-12-22-39(43)40-27-26-38(32-44(40)53)54-37-21-14-16-33(30-37)47-51-42-24-15-23-41(49(4,5)34-17-8-6-9-18-34)46(42)52(47)36-19-10-7-11-20-36/h6-32H,1-5H3. The average molecular weight is 703 g/mol. The van der Waals surface area contributed by atoms with E-state index in [1.807, 2.05) is 18.3 Å². The molecule has 0 radical (unpaired) electrons. The zero-order valence-electron chi connectivity index (χ0n) is 31.3. The summed E-state index contributed by atoms with van der Waals surface area (Å²) in [5.74, 6) is 3.23. The largest absolute Gasteiger partial charge is 0.457 e. The van der Waals surface area contributed by atoms with Gasteiger partial charge in [-0.25, -0.2) is 9.97 Å². The molecule has 0 aliphatic carbocycles. The van der Waals surface area contributed by atoms with Crippen LogP contribution in [0.4, 0.5) is 0 Å². The van der Waals surface area contributed by atoms with E-state index in [1.165, 1.54) is 22.1 Å². The Hall–Kier alpha value is -6.46. The number of benzene rings is 6. The summed E-state index contributed by atoms with van der Waals surface area (Å²) in [5, 5.41) is 2.33. The number of rotatable bonds is 7. The van der Waals surface area contributed by atoms with Gasteiger partial charge in [0.15, 0.2) is 0 Å². The summed E-state index contributed by atoms with van der Waals surface area (Å²) < 4.78 is 11.3. The number of aromatic nitrogens is 4. The van der Waals surface area contributed by atoms with Gasteiger partial charge < -0.3 is 4.74 Å². The lowest BCUT2D eigenvalue weighted by Gasteiger charge is -2.27. The Morgan fingerprint density at radius 2 is 1.24 bits per heavy atom. The van der Waals surface area contributed by atoms with Crippen LogP contribution in [0.15, 0.2) is 164 Å². The molecule has 0 spiro atoms. The normalized spacial score (nSPS) is 12.2. The maximum atomic E-state index is 6.70. The predicted octanol–water partition coefficient (Wildman–Crippen LogP) is 12.6. The van der Waals surface area contributed by atoms with Crippen LogP contribution in [-0.4, -0.2) is 19.1 Å². The van der Waals surface area contributed by atoms with Gasteiger partial charge >= 0.3 is 0 Å². The lowest BCUT2D eigenvalue weighted by atomic mass is 9.77. The van der Waals surface area contributed by atoms with Crippen molar-refractivity contribution in [2.75, 3.05) is 0 Å². The van der Waals surface area contributed by atoms with Crippen molar-refractivity contribution in [1.29, 1.82) is 0 Å². The molecule has 9 aromatic rings. The molecule has 0 saturated heterocycles. The van der Waals surface area contributed by atoms with E-state index in [0.29, 0.717) is 0 Å². The number of nitrogens with zero attached hydrogens (tertiary/aromatic N) is 4. The summed E-state index contributed by atoms with van der Waals surface area (Å²) in [6.07, 6.45) is 1.91. The topological polar surface area (TPSA) is 44.9 Å². The first-order valence-electron chi connectivity index (χ1n) is 18.6. The van der Waals surface area contributed by atoms with Gasteiger partial charge in [-0.1, -0.05) is 126 Å². The lowest BCUT2D eigenvalue weighted by Crippen LogP contribution is -2.20. The Bertz CT molecular complexity index is 2800. The van der Waals surface area contributed by atoms with Crippen LogP contribution in [0.2, 0.25) is 0 Å². The van der Waals surface area contributed by atoms with Crippen molar-refractivity contribution in [1.82, 2.24) is 19.1 Å². The van der Waals surface area contributed by atoms with E-state index in [1.54, 1.807) is 0 Å². The molecule has 5 nitrogen and oxygen atoms in total. The third-order valence-corrected chi connectivity index (χ3v) is 10.7. The van der Waals surface area contributed by atoms with Gasteiger partial charge in [0, 0.05) is 39.7 Å². The molecule has 0 unspecified atom stereocenters. The highest BCUT2D eigenvalue weighted by Crippen LogP contribution is 2.41. The summed E-state index contributed by atoms with van der Waals surface area (Å²) in [7, 11) is 0. The van der Waals surface area contributed by atoms with Crippen LogP contribution in [-0.2, 0) is 10.8 Å². The van der Waals surface area contributed by atoms with Gasteiger partial charge in [-0.2, -0.15) is 0 Å². The van der Waals surface area contributed by atoms with Crippen molar-refractivity contribution in [3.05, 3.63) is 181 Å². The number of hydrogen-bond acceptors (Lipinski definition) is 3. The van der Waals surface area contributed by atoms with Crippen LogP contribution >= 0.6 is 0 Å². The van der Waals surface area contributed by atoms with E-state index in [2.05, 4.69) is 189 Å². The van der Waals surface area contributed by atoms with Crippen LogP contribution < -0.4 is 4.74 Å². The Balaban J connectivity index is 1.16. The molecule has 0 bridgehead atoms. The summed E-state index contributed by atoms with van der Waals surface area (Å²) in [6, 6.07) is 55.2. The zero-order chi connectivity index (χ0) is 37.0. The fourth-order valence-electron chi connectivity index (χ4n) is 7.77. The van der Waals surface area contributed by atoms with Crippen molar-refractivity contribution < 1.29 is 4.74 Å². The molecule has 3 heterocycles. The van der Waals surface area contributed by atoms with E-state index in [9.17, 15) is 0 Å². The number of para-hydroxylation sites is 3. The Kier molecular flexibility index (Phi) is 7.97. The first-order chi connectivity index (χ1) is 26.2. The minimum absolute atomic E-state index is 0.00349. The lowest BCUT2D eigenvalue weighted by molar-refractivity contribution is 0.483. The van der Waals surface area contributed by atoms with Crippen LogP contribution in [0, 0.1) is 0 Å². The highest BCUT2D eigenvalue weighted by Gasteiger charge is 2.29. The average Bonchev–Trinajstić information content (AvgIpc) is 3.75. The molecule has 0 atom stereocenters. The third kappa shape index (κ3) is 5.73.